The fourth-order valence-electron chi connectivity index (χ4n) is 2.32. The maximum absolute atomic E-state index is 12.2. The van der Waals surface area contributed by atoms with Crippen molar-refractivity contribution in [1.29, 1.82) is 0 Å². The van der Waals surface area contributed by atoms with Gasteiger partial charge in [0, 0.05) is 18.8 Å². The lowest BCUT2D eigenvalue weighted by molar-refractivity contribution is 0.663. The van der Waals surface area contributed by atoms with Crippen LogP contribution in [0.5, 0.6) is 0 Å². The zero-order valence-electron chi connectivity index (χ0n) is 12.9. The van der Waals surface area contributed by atoms with Gasteiger partial charge in [0.25, 0.3) is 5.56 Å². The number of rotatable bonds is 7. The molecule has 0 radical (unpaired) electrons. The van der Waals surface area contributed by atoms with Gasteiger partial charge in [-0.15, -0.1) is 0 Å². The monoisotopic (exact) mass is 288 g/mol. The number of nitrogens with one attached hydrogen (secondary N) is 1. The van der Waals surface area contributed by atoms with E-state index in [0.29, 0.717) is 22.5 Å². The highest BCUT2D eigenvalue weighted by Crippen LogP contribution is 2.15. The second kappa shape index (κ2) is 7.11. The van der Waals surface area contributed by atoms with Gasteiger partial charge in [0.15, 0.2) is 0 Å². The number of nitrogen functional groups attached to an aromatic ring is 1. The molecule has 0 atom stereocenters. The van der Waals surface area contributed by atoms with E-state index >= 15 is 0 Å². The van der Waals surface area contributed by atoms with Crippen molar-refractivity contribution in [1.82, 2.24) is 9.97 Å². The molecule has 1 heterocycles. The normalized spacial score (nSPS) is 11.0. The topological polar surface area (TPSA) is 75.0 Å². The van der Waals surface area contributed by atoms with Crippen LogP contribution in [0.1, 0.15) is 39.5 Å². The summed E-state index contributed by atoms with van der Waals surface area (Å²) in [5, 5.41) is 0.546. The van der Waals surface area contributed by atoms with E-state index in [1.165, 1.54) is 0 Å². The van der Waals surface area contributed by atoms with Crippen molar-refractivity contribution in [2.24, 2.45) is 0 Å². The van der Waals surface area contributed by atoms with Gasteiger partial charge in [-0.25, -0.2) is 4.98 Å². The molecule has 0 amide bonds. The summed E-state index contributed by atoms with van der Waals surface area (Å²) in [6, 6.07) is 5.26. The van der Waals surface area contributed by atoms with Crippen molar-refractivity contribution in [3.8, 4) is 0 Å². The van der Waals surface area contributed by atoms with Crippen molar-refractivity contribution in [2.45, 2.75) is 39.5 Å². The van der Waals surface area contributed by atoms with Crippen LogP contribution in [0.25, 0.3) is 10.9 Å². The number of unbranched alkanes of at least 4 members (excludes halogenated alkanes) is 2. The minimum atomic E-state index is -0.125. The van der Waals surface area contributed by atoms with Crippen molar-refractivity contribution in [2.75, 3.05) is 23.7 Å². The highest BCUT2D eigenvalue weighted by Gasteiger charge is 2.11. The summed E-state index contributed by atoms with van der Waals surface area (Å²) in [4.78, 5) is 21.9. The molecule has 1 aromatic carbocycles. The summed E-state index contributed by atoms with van der Waals surface area (Å²) < 4.78 is 0. The molecule has 0 spiro atoms. The molecule has 2 rings (SSSR count). The number of hydrogen-bond acceptors (Lipinski definition) is 4. The highest BCUT2D eigenvalue weighted by molar-refractivity contribution is 5.81. The first kappa shape index (κ1) is 15.4. The Bertz CT molecular complexity index is 642. The maximum Gasteiger partial charge on any atom is 0.260 e. The molecule has 3 N–H and O–H groups in total. The Kier molecular flexibility index (Phi) is 5.20. The smallest absolute Gasteiger partial charge is 0.260 e. The SMILES string of the molecule is CCCCN(CCCC)c1nc2ccc(N)cc2c(=O)[nH]1. The quantitative estimate of drug-likeness (QED) is 0.768. The number of aromatic amines is 1. The summed E-state index contributed by atoms with van der Waals surface area (Å²) in [5.41, 5.74) is 6.88. The van der Waals surface area contributed by atoms with E-state index in [-0.39, 0.29) is 5.56 Å². The van der Waals surface area contributed by atoms with E-state index in [2.05, 4.69) is 28.7 Å². The molecule has 0 saturated carbocycles. The third kappa shape index (κ3) is 3.74. The summed E-state index contributed by atoms with van der Waals surface area (Å²) in [7, 11) is 0. The molecule has 5 nitrogen and oxygen atoms in total. The lowest BCUT2D eigenvalue weighted by Gasteiger charge is -2.23. The van der Waals surface area contributed by atoms with Gasteiger partial charge in [0.05, 0.1) is 10.9 Å². The molecule has 0 bridgehead atoms. The number of benzene rings is 1. The first-order valence-corrected chi connectivity index (χ1v) is 7.70. The first-order valence-electron chi connectivity index (χ1n) is 7.70. The molecule has 0 aliphatic carbocycles. The van der Waals surface area contributed by atoms with E-state index in [1.54, 1.807) is 18.2 Å². The van der Waals surface area contributed by atoms with E-state index in [4.69, 9.17) is 5.73 Å². The van der Waals surface area contributed by atoms with E-state index in [9.17, 15) is 4.79 Å². The third-order valence-electron chi connectivity index (χ3n) is 3.58. The van der Waals surface area contributed by atoms with Crippen molar-refractivity contribution in [3.63, 3.8) is 0 Å². The second-order valence-corrected chi connectivity index (χ2v) is 5.36. The van der Waals surface area contributed by atoms with Crippen LogP contribution < -0.4 is 16.2 Å². The van der Waals surface area contributed by atoms with Crippen LogP contribution >= 0.6 is 0 Å². The number of H-pyrrole nitrogens is 1. The average molecular weight is 288 g/mol. The number of nitrogens with zero attached hydrogens (tertiary/aromatic N) is 2. The van der Waals surface area contributed by atoms with Crippen LogP contribution in [-0.4, -0.2) is 23.1 Å². The molecule has 0 saturated heterocycles. The van der Waals surface area contributed by atoms with Crippen molar-refractivity contribution >= 4 is 22.5 Å². The lowest BCUT2D eigenvalue weighted by Crippen LogP contribution is -2.29. The number of nitrogens with two attached hydrogens (primary N) is 1. The third-order valence-corrected chi connectivity index (χ3v) is 3.58. The van der Waals surface area contributed by atoms with Crippen molar-refractivity contribution < 1.29 is 0 Å². The summed E-state index contributed by atoms with van der Waals surface area (Å²) in [6.45, 7) is 6.16. The van der Waals surface area contributed by atoms with Crippen LogP contribution in [0, 0.1) is 0 Å². The predicted octanol–water partition coefficient (Wildman–Crippen LogP) is 2.91. The minimum Gasteiger partial charge on any atom is -0.399 e. The molecule has 0 aliphatic rings. The molecule has 5 heteroatoms. The fourth-order valence-corrected chi connectivity index (χ4v) is 2.32. The molecule has 2 aromatic rings. The molecule has 0 fully saturated rings. The number of hydrogen-bond donors (Lipinski definition) is 2. The van der Waals surface area contributed by atoms with Gasteiger partial charge in [0.1, 0.15) is 0 Å². The number of anilines is 2. The molecule has 0 unspecified atom stereocenters. The molecule has 21 heavy (non-hydrogen) atoms. The highest BCUT2D eigenvalue weighted by atomic mass is 16.1. The molecule has 1 aromatic heterocycles. The van der Waals surface area contributed by atoms with Gasteiger partial charge in [0.2, 0.25) is 5.95 Å². The Morgan fingerprint density at radius 2 is 1.86 bits per heavy atom. The van der Waals surface area contributed by atoms with Crippen LogP contribution in [0.4, 0.5) is 11.6 Å². The Hall–Kier alpha value is -2.04. The van der Waals surface area contributed by atoms with Gasteiger partial charge in [-0.2, -0.15) is 0 Å². The molecular formula is C16H24N4O. The minimum absolute atomic E-state index is 0.125. The van der Waals surface area contributed by atoms with Gasteiger partial charge in [-0.05, 0) is 31.0 Å². The predicted molar refractivity (Wildman–Crippen MR) is 88.8 cm³/mol. The Balaban J connectivity index is 2.37. The first-order chi connectivity index (χ1) is 10.2. The van der Waals surface area contributed by atoms with Gasteiger partial charge < -0.3 is 10.6 Å². The maximum atomic E-state index is 12.2. The van der Waals surface area contributed by atoms with Crippen LogP contribution in [0.3, 0.4) is 0 Å². The zero-order chi connectivity index (χ0) is 15.2. The Morgan fingerprint density at radius 3 is 2.48 bits per heavy atom. The zero-order valence-corrected chi connectivity index (χ0v) is 12.9. The van der Waals surface area contributed by atoms with Gasteiger partial charge >= 0.3 is 0 Å². The summed E-state index contributed by atoms with van der Waals surface area (Å²) in [6.07, 6.45) is 4.42. The Morgan fingerprint density at radius 1 is 1.19 bits per heavy atom. The average Bonchev–Trinajstić information content (AvgIpc) is 2.48. The van der Waals surface area contributed by atoms with E-state index < -0.39 is 0 Å². The van der Waals surface area contributed by atoms with E-state index in [0.717, 1.165) is 38.8 Å². The second-order valence-electron chi connectivity index (χ2n) is 5.36. The molecular weight excluding hydrogens is 264 g/mol. The lowest BCUT2D eigenvalue weighted by atomic mass is 10.2. The molecule has 0 aliphatic heterocycles. The molecule has 114 valence electrons. The number of fused-ring (bicyclic) bond motifs is 1. The summed E-state index contributed by atoms with van der Waals surface area (Å²) in [5.74, 6) is 0.666. The largest absolute Gasteiger partial charge is 0.399 e. The standard InChI is InChI=1S/C16H24N4O/c1-3-5-9-20(10-6-4-2)16-18-14-8-7-12(17)11-13(14)15(21)19-16/h7-8,11H,3-6,9-10,17H2,1-2H3,(H,18,19,21). The Labute approximate surface area is 125 Å². The van der Waals surface area contributed by atoms with E-state index in [1.807, 2.05) is 0 Å². The van der Waals surface area contributed by atoms with Gasteiger partial charge in [-0.3, -0.25) is 9.78 Å². The van der Waals surface area contributed by atoms with Gasteiger partial charge in [-0.1, -0.05) is 26.7 Å². The van der Waals surface area contributed by atoms with Crippen LogP contribution in [0.15, 0.2) is 23.0 Å². The van der Waals surface area contributed by atoms with Crippen LogP contribution in [-0.2, 0) is 0 Å². The summed E-state index contributed by atoms with van der Waals surface area (Å²) >= 11 is 0. The fraction of sp³-hybridized carbons (Fsp3) is 0.500. The number of aromatic nitrogens is 2. The van der Waals surface area contributed by atoms with Crippen molar-refractivity contribution in [3.05, 3.63) is 28.6 Å². The van der Waals surface area contributed by atoms with Crippen LogP contribution in [0.2, 0.25) is 0 Å².